The number of hydrogen-bond acceptors (Lipinski definition) is 4. The summed E-state index contributed by atoms with van der Waals surface area (Å²) in [6, 6.07) is 4.94. The van der Waals surface area contributed by atoms with Gasteiger partial charge in [-0.1, -0.05) is 11.6 Å². The molecule has 1 unspecified atom stereocenters. The van der Waals surface area contributed by atoms with Crippen molar-refractivity contribution >= 4 is 29.2 Å². The van der Waals surface area contributed by atoms with Crippen molar-refractivity contribution in [3.8, 4) is 17.0 Å². The van der Waals surface area contributed by atoms with Crippen molar-refractivity contribution in [2.24, 2.45) is 0 Å². The maximum Gasteiger partial charge on any atom is 0.417 e. The molecule has 0 bridgehead atoms. The molecule has 1 aromatic carbocycles. The number of rotatable bonds is 2. The number of alkyl halides is 3. The zero-order chi connectivity index (χ0) is 18.4. The first kappa shape index (κ1) is 17.0. The Morgan fingerprint density at radius 3 is 2.64 bits per heavy atom. The second-order valence-corrected chi connectivity index (χ2v) is 5.50. The van der Waals surface area contributed by atoms with Crippen LogP contribution in [0, 0.1) is 0 Å². The zero-order valence-electron chi connectivity index (χ0n) is 12.1. The Kier molecular flexibility index (Phi) is 4.03. The molecule has 1 atom stereocenters. The van der Waals surface area contributed by atoms with Crippen molar-refractivity contribution < 1.29 is 32.6 Å². The molecule has 0 fully saturated rings. The Labute approximate surface area is 143 Å². The van der Waals surface area contributed by atoms with E-state index in [0.717, 1.165) is 6.07 Å². The lowest BCUT2D eigenvalue weighted by molar-refractivity contribution is -0.149. The van der Waals surface area contributed by atoms with Gasteiger partial charge in [0.25, 0.3) is 12.0 Å². The maximum absolute atomic E-state index is 12.7. The summed E-state index contributed by atoms with van der Waals surface area (Å²) in [5.74, 6) is -2.21. The van der Waals surface area contributed by atoms with E-state index in [4.69, 9.17) is 21.4 Å². The fraction of sp³-hybridized carbons (Fsp3) is 0.133. The highest BCUT2D eigenvalue weighted by molar-refractivity contribution is 6.33. The van der Waals surface area contributed by atoms with E-state index in [9.17, 15) is 22.8 Å². The number of ether oxygens (including phenoxy) is 1. The van der Waals surface area contributed by atoms with Crippen molar-refractivity contribution in [3.63, 3.8) is 0 Å². The summed E-state index contributed by atoms with van der Waals surface area (Å²) in [7, 11) is 0. The van der Waals surface area contributed by atoms with Gasteiger partial charge in [-0.15, -0.1) is 0 Å². The number of carboxylic acid groups (broad SMARTS) is 1. The Bertz CT molecular complexity index is 886. The van der Waals surface area contributed by atoms with Crippen molar-refractivity contribution in [2.75, 3.05) is 5.32 Å². The summed E-state index contributed by atoms with van der Waals surface area (Å²) in [6.45, 7) is 0. The van der Waals surface area contributed by atoms with E-state index in [1.54, 1.807) is 0 Å². The van der Waals surface area contributed by atoms with Gasteiger partial charge in [0, 0.05) is 11.8 Å². The molecule has 3 rings (SSSR count). The summed E-state index contributed by atoms with van der Waals surface area (Å²) in [4.78, 5) is 26.3. The number of benzene rings is 1. The molecule has 1 aliphatic heterocycles. The molecule has 1 aliphatic rings. The van der Waals surface area contributed by atoms with Crippen LogP contribution in [-0.4, -0.2) is 28.1 Å². The first-order chi connectivity index (χ1) is 11.7. The van der Waals surface area contributed by atoms with Gasteiger partial charge in [-0.25, -0.2) is 4.79 Å². The number of anilines is 1. The van der Waals surface area contributed by atoms with Crippen LogP contribution in [0.3, 0.4) is 0 Å². The highest BCUT2D eigenvalue weighted by Crippen LogP contribution is 2.37. The number of carbonyl (C=O) groups is 2. The number of aliphatic carboxylic acids is 1. The third-order valence-corrected chi connectivity index (χ3v) is 3.67. The van der Waals surface area contributed by atoms with Gasteiger partial charge in [-0.3, -0.25) is 9.78 Å². The summed E-state index contributed by atoms with van der Waals surface area (Å²) < 4.78 is 43.1. The van der Waals surface area contributed by atoms with Crippen LogP contribution < -0.4 is 10.1 Å². The number of pyridine rings is 1. The van der Waals surface area contributed by atoms with E-state index >= 15 is 0 Å². The van der Waals surface area contributed by atoms with Gasteiger partial charge in [0.1, 0.15) is 5.75 Å². The minimum atomic E-state index is -4.57. The fourth-order valence-electron chi connectivity index (χ4n) is 2.22. The number of amides is 1. The van der Waals surface area contributed by atoms with Crippen molar-refractivity contribution in [3.05, 3.63) is 41.0 Å². The van der Waals surface area contributed by atoms with Gasteiger partial charge >= 0.3 is 12.1 Å². The number of hydrogen-bond donors (Lipinski definition) is 2. The van der Waals surface area contributed by atoms with Crippen LogP contribution in [0.15, 0.2) is 30.5 Å². The average molecular weight is 373 g/mol. The van der Waals surface area contributed by atoms with Gasteiger partial charge in [-0.2, -0.15) is 13.2 Å². The lowest BCUT2D eigenvalue weighted by Gasteiger charge is -2.23. The van der Waals surface area contributed by atoms with Crippen LogP contribution in [0.1, 0.15) is 5.56 Å². The van der Waals surface area contributed by atoms with Crippen LogP contribution in [-0.2, 0) is 15.8 Å². The molecule has 2 N–H and O–H groups in total. The molecule has 0 aliphatic carbocycles. The number of fused-ring (bicyclic) bond motifs is 1. The molecule has 6 nitrogen and oxygen atoms in total. The number of nitrogens with one attached hydrogen (secondary N) is 1. The van der Waals surface area contributed by atoms with E-state index in [-0.39, 0.29) is 22.2 Å². The zero-order valence-corrected chi connectivity index (χ0v) is 12.9. The number of carbonyl (C=O) groups excluding carboxylic acids is 1. The van der Waals surface area contributed by atoms with Crippen LogP contribution >= 0.6 is 11.6 Å². The van der Waals surface area contributed by atoms with Crippen molar-refractivity contribution in [2.45, 2.75) is 12.3 Å². The topological polar surface area (TPSA) is 88.5 Å². The number of halogens is 4. The molecule has 0 spiro atoms. The monoisotopic (exact) mass is 372 g/mol. The molecule has 10 heteroatoms. The fourth-order valence-corrected chi connectivity index (χ4v) is 2.50. The van der Waals surface area contributed by atoms with Crippen molar-refractivity contribution in [1.82, 2.24) is 4.98 Å². The molecule has 2 aromatic rings. The molecule has 0 saturated carbocycles. The van der Waals surface area contributed by atoms with E-state index in [1.165, 1.54) is 18.2 Å². The molecular formula is C15H8ClF3N2O4. The lowest BCUT2D eigenvalue weighted by atomic mass is 10.1. The molecule has 1 aromatic heterocycles. The third-order valence-electron chi connectivity index (χ3n) is 3.39. The molecule has 0 radical (unpaired) electrons. The van der Waals surface area contributed by atoms with Crippen LogP contribution in [0.4, 0.5) is 18.9 Å². The predicted molar refractivity (Wildman–Crippen MR) is 80.4 cm³/mol. The second kappa shape index (κ2) is 5.92. The largest absolute Gasteiger partial charge is 0.478 e. The highest BCUT2D eigenvalue weighted by Gasteiger charge is 2.34. The van der Waals surface area contributed by atoms with Crippen molar-refractivity contribution in [1.29, 1.82) is 0 Å². The molecular weight excluding hydrogens is 365 g/mol. The molecule has 1 amide bonds. The predicted octanol–water partition coefficient (Wildman–Crippen LogP) is 3.20. The Balaban J connectivity index is 1.97. The van der Waals surface area contributed by atoms with E-state index in [0.29, 0.717) is 11.8 Å². The van der Waals surface area contributed by atoms with Crippen LogP contribution in [0.2, 0.25) is 5.02 Å². The number of aromatic nitrogens is 1. The Morgan fingerprint density at radius 2 is 2.04 bits per heavy atom. The quantitative estimate of drug-likeness (QED) is 0.790. The van der Waals surface area contributed by atoms with Gasteiger partial charge < -0.3 is 15.2 Å². The molecule has 0 saturated heterocycles. The van der Waals surface area contributed by atoms with E-state index in [1.807, 2.05) is 0 Å². The van der Waals surface area contributed by atoms with E-state index in [2.05, 4.69) is 10.3 Å². The highest BCUT2D eigenvalue weighted by atomic mass is 35.5. The SMILES string of the molecule is O=C(O)C1Oc2ccc(-c3ncc(C(F)(F)F)cc3Cl)cc2NC1=O. The lowest BCUT2D eigenvalue weighted by Crippen LogP contribution is -2.42. The molecule has 25 heavy (non-hydrogen) atoms. The Morgan fingerprint density at radius 1 is 1.32 bits per heavy atom. The number of nitrogens with zero attached hydrogens (tertiary/aromatic N) is 1. The normalized spacial score (nSPS) is 16.6. The maximum atomic E-state index is 12.7. The molecule has 2 heterocycles. The summed E-state index contributed by atoms with van der Waals surface area (Å²) in [5, 5.41) is 11.0. The summed E-state index contributed by atoms with van der Waals surface area (Å²) in [6.07, 6.45) is -5.60. The minimum Gasteiger partial charge on any atom is -0.478 e. The number of carboxylic acids is 1. The van der Waals surface area contributed by atoms with E-state index < -0.39 is 29.7 Å². The molecule has 130 valence electrons. The van der Waals surface area contributed by atoms with Gasteiger partial charge in [0.2, 0.25) is 0 Å². The first-order valence-corrected chi connectivity index (χ1v) is 7.12. The van der Waals surface area contributed by atoms with Gasteiger partial charge in [-0.05, 0) is 24.3 Å². The second-order valence-electron chi connectivity index (χ2n) is 5.09. The minimum absolute atomic E-state index is 0.0760. The van der Waals surface area contributed by atoms with Gasteiger partial charge in [0.05, 0.1) is 22.0 Å². The third kappa shape index (κ3) is 3.22. The summed E-state index contributed by atoms with van der Waals surface area (Å²) in [5.41, 5.74) is -0.417. The smallest absolute Gasteiger partial charge is 0.417 e. The van der Waals surface area contributed by atoms with Crippen LogP contribution in [0.25, 0.3) is 11.3 Å². The van der Waals surface area contributed by atoms with Gasteiger partial charge in [0.15, 0.2) is 0 Å². The standard InChI is InChI=1S/C15H8ClF3N2O4/c16-8-4-7(15(17,18)19)5-20-11(8)6-1-2-10-9(3-6)21-13(22)12(25-10)14(23)24/h1-5,12H,(H,21,22)(H,23,24). The summed E-state index contributed by atoms with van der Waals surface area (Å²) >= 11 is 5.89. The van der Waals surface area contributed by atoms with Crippen LogP contribution in [0.5, 0.6) is 5.75 Å². The Hall–Kier alpha value is -2.81. The average Bonchev–Trinajstić information content (AvgIpc) is 2.52. The first-order valence-electron chi connectivity index (χ1n) is 6.74.